The van der Waals surface area contributed by atoms with Gasteiger partial charge in [0.05, 0.1) is 11.3 Å². The summed E-state index contributed by atoms with van der Waals surface area (Å²) < 4.78 is 1.02. The molecular formula is C21H17IN2O2. The van der Waals surface area contributed by atoms with Gasteiger partial charge < -0.3 is 10.6 Å². The first-order valence-corrected chi connectivity index (χ1v) is 9.15. The SMILES string of the molecule is Cc1ccc(C(=O)Nc2ccccc2C(=O)Nc2ccccc2)cc1I. The molecule has 0 saturated carbocycles. The summed E-state index contributed by atoms with van der Waals surface area (Å²) in [6.45, 7) is 1.99. The fraction of sp³-hybridized carbons (Fsp3) is 0.0476. The first kappa shape index (κ1) is 18.1. The van der Waals surface area contributed by atoms with Crippen LogP contribution in [0.3, 0.4) is 0 Å². The molecule has 0 aliphatic rings. The molecule has 2 amide bonds. The van der Waals surface area contributed by atoms with Gasteiger partial charge in [0, 0.05) is 14.8 Å². The number of rotatable bonds is 4. The number of hydrogen-bond acceptors (Lipinski definition) is 2. The second-order valence-electron chi connectivity index (χ2n) is 5.78. The number of nitrogens with one attached hydrogen (secondary N) is 2. The summed E-state index contributed by atoms with van der Waals surface area (Å²) in [5.41, 5.74) is 3.25. The van der Waals surface area contributed by atoms with Gasteiger partial charge in [0.25, 0.3) is 11.8 Å². The van der Waals surface area contributed by atoms with E-state index in [0.29, 0.717) is 22.5 Å². The van der Waals surface area contributed by atoms with Crippen LogP contribution in [0.15, 0.2) is 72.8 Å². The number of hydrogen-bond donors (Lipinski definition) is 2. The highest BCUT2D eigenvalue weighted by Gasteiger charge is 2.14. The standard InChI is InChI=1S/C21H17IN2O2/c1-14-11-12-15(13-18(14)22)20(25)24-19-10-6-5-9-17(19)21(26)23-16-7-3-2-4-8-16/h2-13H,1H3,(H,23,26)(H,24,25). The average molecular weight is 456 g/mol. The molecule has 0 aliphatic carbocycles. The van der Waals surface area contributed by atoms with Crippen LogP contribution in [0.1, 0.15) is 26.3 Å². The zero-order valence-corrected chi connectivity index (χ0v) is 16.3. The van der Waals surface area contributed by atoms with Crippen molar-refractivity contribution in [2.75, 3.05) is 10.6 Å². The highest BCUT2D eigenvalue weighted by Crippen LogP contribution is 2.20. The molecule has 0 atom stereocenters. The maximum atomic E-state index is 12.6. The molecule has 3 aromatic carbocycles. The summed E-state index contributed by atoms with van der Waals surface area (Å²) in [6.07, 6.45) is 0. The van der Waals surface area contributed by atoms with Crippen molar-refractivity contribution in [1.29, 1.82) is 0 Å². The Morgan fingerprint density at radius 2 is 1.50 bits per heavy atom. The Labute approximate surface area is 165 Å². The molecule has 0 heterocycles. The van der Waals surface area contributed by atoms with Crippen LogP contribution in [-0.4, -0.2) is 11.8 Å². The number of benzene rings is 3. The number of carbonyl (C=O) groups is 2. The molecule has 0 saturated heterocycles. The van der Waals surface area contributed by atoms with Gasteiger partial charge in [-0.05, 0) is 71.5 Å². The molecule has 0 fully saturated rings. The first-order valence-electron chi connectivity index (χ1n) is 8.07. The van der Waals surface area contributed by atoms with Crippen molar-refractivity contribution in [1.82, 2.24) is 0 Å². The van der Waals surface area contributed by atoms with E-state index in [1.165, 1.54) is 0 Å². The number of halogens is 1. The van der Waals surface area contributed by atoms with E-state index >= 15 is 0 Å². The zero-order chi connectivity index (χ0) is 18.5. The summed E-state index contributed by atoms with van der Waals surface area (Å²) in [5.74, 6) is -0.520. The molecular weight excluding hydrogens is 439 g/mol. The average Bonchev–Trinajstić information content (AvgIpc) is 2.65. The fourth-order valence-corrected chi connectivity index (χ4v) is 2.95. The van der Waals surface area contributed by atoms with Gasteiger partial charge in [-0.15, -0.1) is 0 Å². The van der Waals surface area contributed by atoms with Gasteiger partial charge in [0.1, 0.15) is 0 Å². The van der Waals surface area contributed by atoms with Crippen molar-refractivity contribution in [3.05, 3.63) is 93.1 Å². The highest BCUT2D eigenvalue weighted by molar-refractivity contribution is 14.1. The Kier molecular flexibility index (Phi) is 5.68. The third-order valence-electron chi connectivity index (χ3n) is 3.89. The molecule has 2 N–H and O–H groups in total. The minimum atomic E-state index is -0.273. The zero-order valence-electron chi connectivity index (χ0n) is 14.1. The minimum Gasteiger partial charge on any atom is -0.322 e. The number of anilines is 2. The van der Waals surface area contributed by atoms with E-state index in [-0.39, 0.29) is 11.8 Å². The van der Waals surface area contributed by atoms with Gasteiger partial charge in [0.2, 0.25) is 0 Å². The van der Waals surface area contributed by atoms with Crippen LogP contribution >= 0.6 is 22.6 Å². The minimum absolute atomic E-state index is 0.247. The van der Waals surface area contributed by atoms with Crippen LogP contribution in [0, 0.1) is 10.5 Å². The van der Waals surface area contributed by atoms with Gasteiger partial charge in [-0.25, -0.2) is 0 Å². The molecule has 0 aliphatic heterocycles. The summed E-state index contributed by atoms with van der Waals surface area (Å²) in [6, 6.07) is 21.7. The first-order chi connectivity index (χ1) is 12.5. The predicted molar refractivity (Wildman–Crippen MR) is 113 cm³/mol. The van der Waals surface area contributed by atoms with Crippen LogP contribution in [0.2, 0.25) is 0 Å². The van der Waals surface area contributed by atoms with Crippen LogP contribution in [0.5, 0.6) is 0 Å². The molecule has 4 nitrogen and oxygen atoms in total. The van der Waals surface area contributed by atoms with E-state index < -0.39 is 0 Å². The maximum Gasteiger partial charge on any atom is 0.257 e. The van der Waals surface area contributed by atoms with Crippen molar-refractivity contribution in [3.63, 3.8) is 0 Å². The van der Waals surface area contributed by atoms with E-state index in [4.69, 9.17) is 0 Å². The highest BCUT2D eigenvalue weighted by atomic mass is 127. The molecule has 0 unspecified atom stereocenters. The van der Waals surface area contributed by atoms with Crippen molar-refractivity contribution in [2.45, 2.75) is 6.92 Å². The van der Waals surface area contributed by atoms with Crippen molar-refractivity contribution in [3.8, 4) is 0 Å². The second kappa shape index (κ2) is 8.14. The van der Waals surface area contributed by atoms with E-state index in [1.807, 2.05) is 49.4 Å². The van der Waals surface area contributed by atoms with Crippen LogP contribution in [0.4, 0.5) is 11.4 Å². The molecule has 0 aromatic heterocycles. The third-order valence-corrected chi connectivity index (χ3v) is 5.05. The molecule has 26 heavy (non-hydrogen) atoms. The lowest BCUT2D eigenvalue weighted by molar-refractivity contribution is 0.102. The molecule has 0 radical (unpaired) electrons. The lowest BCUT2D eigenvalue weighted by Crippen LogP contribution is -2.18. The van der Waals surface area contributed by atoms with Crippen molar-refractivity contribution in [2.24, 2.45) is 0 Å². The Morgan fingerprint density at radius 1 is 0.808 bits per heavy atom. The quantitative estimate of drug-likeness (QED) is 0.537. The Bertz CT molecular complexity index is 955. The summed E-state index contributed by atoms with van der Waals surface area (Å²) in [4.78, 5) is 25.2. The Morgan fingerprint density at radius 3 is 2.23 bits per heavy atom. The van der Waals surface area contributed by atoms with Gasteiger partial charge in [-0.3, -0.25) is 9.59 Å². The lowest BCUT2D eigenvalue weighted by Gasteiger charge is -2.12. The smallest absolute Gasteiger partial charge is 0.257 e. The van der Waals surface area contributed by atoms with Gasteiger partial charge in [-0.1, -0.05) is 36.4 Å². The van der Waals surface area contributed by atoms with Crippen molar-refractivity contribution >= 4 is 45.8 Å². The topological polar surface area (TPSA) is 58.2 Å². The molecule has 0 spiro atoms. The molecule has 3 rings (SSSR count). The number of para-hydroxylation sites is 2. The van der Waals surface area contributed by atoms with Crippen LogP contribution in [-0.2, 0) is 0 Å². The Hall–Kier alpha value is -2.67. The van der Waals surface area contributed by atoms with Crippen LogP contribution in [0.25, 0.3) is 0 Å². The molecule has 0 bridgehead atoms. The maximum absolute atomic E-state index is 12.6. The second-order valence-corrected chi connectivity index (χ2v) is 6.95. The van der Waals surface area contributed by atoms with E-state index in [0.717, 1.165) is 9.13 Å². The fourth-order valence-electron chi connectivity index (χ4n) is 2.44. The number of carbonyl (C=O) groups excluding carboxylic acids is 2. The van der Waals surface area contributed by atoms with E-state index in [2.05, 4.69) is 33.2 Å². The van der Waals surface area contributed by atoms with E-state index in [1.54, 1.807) is 30.3 Å². The number of amides is 2. The predicted octanol–water partition coefficient (Wildman–Crippen LogP) is 5.10. The summed E-state index contributed by atoms with van der Waals surface area (Å²) in [7, 11) is 0. The molecule has 3 aromatic rings. The molecule has 130 valence electrons. The van der Waals surface area contributed by atoms with Gasteiger partial charge >= 0.3 is 0 Å². The molecule has 5 heteroatoms. The van der Waals surface area contributed by atoms with E-state index in [9.17, 15) is 9.59 Å². The number of aryl methyl sites for hydroxylation is 1. The van der Waals surface area contributed by atoms with Gasteiger partial charge in [-0.2, -0.15) is 0 Å². The lowest BCUT2D eigenvalue weighted by atomic mass is 10.1. The van der Waals surface area contributed by atoms with Crippen molar-refractivity contribution < 1.29 is 9.59 Å². The Balaban J connectivity index is 1.81. The third kappa shape index (κ3) is 4.29. The monoisotopic (exact) mass is 456 g/mol. The largest absolute Gasteiger partial charge is 0.322 e. The van der Waals surface area contributed by atoms with Crippen LogP contribution < -0.4 is 10.6 Å². The summed E-state index contributed by atoms with van der Waals surface area (Å²) >= 11 is 2.20. The normalized spacial score (nSPS) is 10.2. The van der Waals surface area contributed by atoms with Gasteiger partial charge in [0.15, 0.2) is 0 Å². The summed E-state index contributed by atoms with van der Waals surface area (Å²) in [5, 5.41) is 5.67.